The van der Waals surface area contributed by atoms with E-state index in [1.807, 2.05) is 0 Å². The minimum Gasteiger partial charge on any atom is -0.493 e. The molecule has 42 heavy (non-hydrogen) atoms. The van der Waals surface area contributed by atoms with Gasteiger partial charge in [0.1, 0.15) is 5.75 Å². The number of ether oxygens (including phenoxy) is 4. The third kappa shape index (κ3) is 7.68. The lowest BCUT2D eigenvalue weighted by molar-refractivity contribution is 0.0357. The highest BCUT2D eigenvalue weighted by molar-refractivity contribution is 5.90. The Labute approximate surface area is 242 Å². The molecule has 218 valence electrons. The van der Waals surface area contributed by atoms with Crippen LogP contribution in [0.4, 0.5) is 14.9 Å². The normalized spacial score (nSPS) is 13.7. The van der Waals surface area contributed by atoms with Crippen molar-refractivity contribution < 1.29 is 28.1 Å². The molecule has 2 aromatic carbocycles. The molecule has 12 heteroatoms. The smallest absolute Gasteiger partial charge is 0.339 e. The number of amides is 2. The van der Waals surface area contributed by atoms with Gasteiger partial charge < -0.3 is 24.3 Å². The maximum absolute atomic E-state index is 15.0. The van der Waals surface area contributed by atoms with Crippen molar-refractivity contribution in [1.29, 1.82) is 0 Å². The number of pyridine rings is 2. The van der Waals surface area contributed by atoms with Crippen molar-refractivity contribution in [2.24, 2.45) is 5.10 Å². The van der Waals surface area contributed by atoms with Gasteiger partial charge in [-0.05, 0) is 54.4 Å². The summed E-state index contributed by atoms with van der Waals surface area (Å²) in [6.45, 7) is 4.87. The molecule has 1 aliphatic rings. The fourth-order valence-corrected chi connectivity index (χ4v) is 4.34. The van der Waals surface area contributed by atoms with Gasteiger partial charge in [0.2, 0.25) is 0 Å². The first kappa shape index (κ1) is 28.7. The summed E-state index contributed by atoms with van der Waals surface area (Å²) in [6, 6.07) is 12.4. The van der Waals surface area contributed by atoms with Crippen molar-refractivity contribution in [2.75, 3.05) is 51.9 Å². The number of methoxy groups -OCH3 is 1. The summed E-state index contributed by atoms with van der Waals surface area (Å²) in [5, 5.41) is 7.08. The number of hydrazone groups is 1. The van der Waals surface area contributed by atoms with E-state index < -0.39 is 11.8 Å². The van der Waals surface area contributed by atoms with Crippen LogP contribution in [0.2, 0.25) is 0 Å². The number of morpholine rings is 1. The quantitative estimate of drug-likeness (QED) is 0.149. The SMILES string of the molecule is COc1cc2c(Oc3ccc(/C=N/NC(=O)Nc4cccnc4)cc3F)ccnc2cc1OCCCN1CCOCC1. The predicted molar refractivity (Wildman–Crippen MR) is 156 cm³/mol. The molecule has 2 N–H and O–H groups in total. The largest absolute Gasteiger partial charge is 0.493 e. The van der Waals surface area contributed by atoms with E-state index in [0.29, 0.717) is 46.0 Å². The topological polar surface area (TPSA) is 119 Å². The van der Waals surface area contributed by atoms with Crippen LogP contribution in [0, 0.1) is 5.82 Å². The number of nitrogens with zero attached hydrogens (tertiary/aromatic N) is 4. The number of fused-ring (bicyclic) bond motifs is 1. The lowest BCUT2D eigenvalue weighted by atomic mass is 10.1. The van der Waals surface area contributed by atoms with Crippen molar-refractivity contribution in [3.05, 3.63) is 78.5 Å². The van der Waals surface area contributed by atoms with Crippen LogP contribution < -0.4 is 25.0 Å². The van der Waals surface area contributed by atoms with Crippen LogP contribution in [0.5, 0.6) is 23.0 Å². The molecule has 0 unspecified atom stereocenters. The number of urea groups is 1. The van der Waals surface area contributed by atoms with Crippen LogP contribution in [0.25, 0.3) is 10.9 Å². The molecule has 0 spiro atoms. The zero-order valence-corrected chi connectivity index (χ0v) is 23.1. The molecule has 0 saturated carbocycles. The first-order valence-electron chi connectivity index (χ1n) is 13.5. The third-order valence-corrected chi connectivity index (χ3v) is 6.44. The second kappa shape index (κ2) is 14.2. The molecular formula is C30H31FN6O5. The Morgan fingerprint density at radius 2 is 1.98 bits per heavy atom. The minimum atomic E-state index is -0.601. The van der Waals surface area contributed by atoms with Gasteiger partial charge in [-0.15, -0.1) is 0 Å². The highest BCUT2D eigenvalue weighted by Gasteiger charge is 2.15. The Morgan fingerprint density at radius 3 is 2.76 bits per heavy atom. The molecule has 1 fully saturated rings. The molecule has 1 saturated heterocycles. The van der Waals surface area contributed by atoms with Crippen molar-refractivity contribution in [1.82, 2.24) is 20.3 Å². The van der Waals surface area contributed by atoms with E-state index in [-0.39, 0.29) is 5.75 Å². The maximum atomic E-state index is 15.0. The van der Waals surface area contributed by atoms with Crippen molar-refractivity contribution in [2.45, 2.75) is 6.42 Å². The molecule has 0 radical (unpaired) electrons. The number of aromatic nitrogens is 2. The molecule has 1 aliphatic heterocycles. The van der Waals surface area contributed by atoms with Gasteiger partial charge in [0.05, 0.1) is 50.5 Å². The van der Waals surface area contributed by atoms with Crippen LogP contribution in [0.3, 0.4) is 0 Å². The molecule has 0 atom stereocenters. The van der Waals surface area contributed by atoms with E-state index in [2.05, 4.69) is 30.7 Å². The van der Waals surface area contributed by atoms with Gasteiger partial charge in [-0.2, -0.15) is 5.10 Å². The molecule has 11 nitrogen and oxygen atoms in total. The molecule has 5 rings (SSSR count). The van der Waals surface area contributed by atoms with Gasteiger partial charge in [0, 0.05) is 43.5 Å². The van der Waals surface area contributed by atoms with E-state index in [1.54, 1.807) is 55.9 Å². The van der Waals surface area contributed by atoms with Crippen LogP contribution in [0.15, 0.2) is 72.2 Å². The number of carbonyl (C=O) groups excluding carboxylic acids is 1. The molecule has 4 aromatic rings. The second-order valence-corrected chi connectivity index (χ2v) is 9.34. The molecule has 2 amide bonds. The van der Waals surface area contributed by atoms with Crippen molar-refractivity contribution in [3.63, 3.8) is 0 Å². The van der Waals surface area contributed by atoms with Crippen LogP contribution in [0.1, 0.15) is 12.0 Å². The maximum Gasteiger partial charge on any atom is 0.339 e. The van der Waals surface area contributed by atoms with Gasteiger partial charge in [-0.25, -0.2) is 14.6 Å². The standard InChI is InChI=1S/C30H31FN6O5/c1-39-28-17-23-25(18-29(28)41-13-3-10-37-11-14-40-15-12-37)33-9-7-26(23)42-27-6-5-21(16-24(27)31)19-34-36-30(38)35-22-4-2-8-32-20-22/h2,4-9,16-20H,3,10-15H2,1H3,(H2,35,36,38)/b34-19+. The Kier molecular flexibility index (Phi) is 9.70. The summed E-state index contributed by atoms with van der Waals surface area (Å²) in [6.07, 6.45) is 6.88. The van der Waals surface area contributed by atoms with Gasteiger partial charge >= 0.3 is 6.03 Å². The highest BCUT2D eigenvalue weighted by atomic mass is 19.1. The number of hydrogen-bond donors (Lipinski definition) is 2. The van der Waals surface area contributed by atoms with E-state index in [1.165, 1.54) is 24.5 Å². The van der Waals surface area contributed by atoms with Gasteiger partial charge in [0.25, 0.3) is 0 Å². The number of carbonyl (C=O) groups is 1. The summed E-state index contributed by atoms with van der Waals surface area (Å²) < 4.78 is 37.9. The summed E-state index contributed by atoms with van der Waals surface area (Å²) in [4.78, 5) is 22.7. The van der Waals surface area contributed by atoms with Gasteiger partial charge in [0.15, 0.2) is 23.1 Å². The Bertz CT molecular complexity index is 1530. The monoisotopic (exact) mass is 574 g/mol. The number of rotatable bonds is 11. The average molecular weight is 575 g/mol. The average Bonchev–Trinajstić information content (AvgIpc) is 3.01. The Balaban J connectivity index is 1.21. The number of hydrogen-bond acceptors (Lipinski definition) is 9. The van der Waals surface area contributed by atoms with Crippen LogP contribution >= 0.6 is 0 Å². The van der Waals surface area contributed by atoms with Gasteiger partial charge in [-0.1, -0.05) is 0 Å². The van der Waals surface area contributed by atoms with Gasteiger partial charge in [-0.3, -0.25) is 14.9 Å². The number of halogens is 1. The van der Waals surface area contributed by atoms with E-state index in [9.17, 15) is 9.18 Å². The van der Waals surface area contributed by atoms with E-state index in [4.69, 9.17) is 18.9 Å². The lowest BCUT2D eigenvalue weighted by Gasteiger charge is -2.26. The third-order valence-electron chi connectivity index (χ3n) is 6.44. The summed E-state index contributed by atoms with van der Waals surface area (Å²) in [5.41, 5.74) is 3.89. The molecular weight excluding hydrogens is 543 g/mol. The van der Waals surface area contributed by atoms with Crippen LogP contribution in [-0.2, 0) is 4.74 Å². The molecule has 2 aromatic heterocycles. The summed E-state index contributed by atoms with van der Waals surface area (Å²) >= 11 is 0. The zero-order valence-electron chi connectivity index (χ0n) is 23.1. The summed E-state index contributed by atoms with van der Waals surface area (Å²) in [7, 11) is 1.57. The number of anilines is 1. The van der Waals surface area contributed by atoms with E-state index in [0.717, 1.165) is 39.3 Å². The van der Waals surface area contributed by atoms with Crippen molar-refractivity contribution >= 4 is 28.8 Å². The van der Waals surface area contributed by atoms with Crippen molar-refractivity contribution in [3.8, 4) is 23.0 Å². The number of nitrogens with one attached hydrogen (secondary N) is 2. The fraction of sp³-hybridized carbons (Fsp3) is 0.267. The highest BCUT2D eigenvalue weighted by Crippen LogP contribution is 2.37. The summed E-state index contributed by atoms with van der Waals surface area (Å²) in [5.74, 6) is 0.930. The minimum absolute atomic E-state index is 0.0179. The number of benzene rings is 2. The first-order valence-corrected chi connectivity index (χ1v) is 13.5. The molecule has 3 heterocycles. The predicted octanol–water partition coefficient (Wildman–Crippen LogP) is 4.83. The molecule has 0 aliphatic carbocycles. The fourth-order valence-electron chi connectivity index (χ4n) is 4.34. The second-order valence-electron chi connectivity index (χ2n) is 9.34. The Morgan fingerprint density at radius 1 is 1.10 bits per heavy atom. The lowest BCUT2D eigenvalue weighted by Crippen LogP contribution is -2.37. The Hall–Kier alpha value is -4.81. The van der Waals surface area contributed by atoms with Crippen LogP contribution in [-0.4, -0.2) is 73.7 Å². The first-order chi connectivity index (χ1) is 20.6. The van der Waals surface area contributed by atoms with E-state index >= 15 is 0 Å². The molecule has 0 bridgehead atoms. The zero-order chi connectivity index (χ0) is 29.1.